The van der Waals surface area contributed by atoms with Crippen LogP contribution in [0.1, 0.15) is 5.56 Å². The van der Waals surface area contributed by atoms with E-state index in [0.29, 0.717) is 30.8 Å². The van der Waals surface area contributed by atoms with Crippen molar-refractivity contribution in [3.05, 3.63) is 68.0 Å². The molecule has 3 rings (SSSR count). The van der Waals surface area contributed by atoms with E-state index in [1.54, 1.807) is 36.4 Å². The van der Waals surface area contributed by atoms with Gasteiger partial charge >= 0.3 is 0 Å². The molecule has 1 amide bonds. The molecule has 2 aromatic carbocycles. The van der Waals surface area contributed by atoms with E-state index in [2.05, 4.69) is 10.3 Å². The lowest BCUT2D eigenvalue weighted by molar-refractivity contribution is -0.115. The number of amides is 1. The normalized spacial score (nSPS) is 17.8. The molecule has 0 saturated carbocycles. The number of hydrogen-bond donors (Lipinski definition) is 1. The van der Waals surface area contributed by atoms with Gasteiger partial charge in [0, 0.05) is 10.0 Å². The van der Waals surface area contributed by atoms with Crippen LogP contribution >= 0.6 is 46.6 Å². The van der Waals surface area contributed by atoms with Gasteiger partial charge in [-0.3, -0.25) is 4.79 Å². The van der Waals surface area contributed by atoms with Gasteiger partial charge in [0.15, 0.2) is 5.17 Å². The van der Waals surface area contributed by atoms with Gasteiger partial charge in [-0.05, 0) is 53.7 Å². The summed E-state index contributed by atoms with van der Waals surface area (Å²) in [4.78, 5) is 16.9. The Morgan fingerprint density at radius 2 is 1.83 bits per heavy atom. The fourth-order valence-corrected chi connectivity index (χ4v) is 3.27. The highest BCUT2D eigenvalue weighted by Crippen LogP contribution is 2.32. The maximum atomic E-state index is 12.0. The van der Waals surface area contributed by atoms with E-state index in [1.165, 1.54) is 11.8 Å². The molecular weight excluding hydrogens is 375 g/mol. The highest BCUT2D eigenvalue weighted by Gasteiger charge is 2.24. The molecule has 7 heteroatoms. The quantitative estimate of drug-likeness (QED) is 0.692. The minimum Gasteiger partial charge on any atom is -0.300 e. The molecule has 2 aromatic rings. The Hall–Kier alpha value is -1.46. The number of halogens is 3. The predicted octanol–water partition coefficient (Wildman–Crippen LogP) is 5.54. The number of nitrogens with one attached hydrogen (secondary N) is 1. The van der Waals surface area contributed by atoms with Gasteiger partial charge in [0.05, 0.1) is 15.6 Å². The van der Waals surface area contributed by atoms with Gasteiger partial charge in [-0.2, -0.15) is 0 Å². The number of carbonyl (C=O) groups is 1. The number of amidine groups is 1. The molecule has 0 aromatic heterocycles. The zero-order valence-corrected chi connectivity index (χ0v) is 14.6. The van der Waals surface area contributed by atoms with Crippen molar-refractivity contribution in [1.82, 2.24) is 5.32 Å². The summed E-state index contributed by atoms with van der Waals surface area (Å²) in [7, 11) is 0. The first-order chi connectivity index (χ1) is 11.0. The summed E-state index contributed by atoms with van der Waals surface area (Å²) < 4.78 is 0. The van der Waals surface area contributed by atoms with Crippen molar-refractivity contribution in [3.8, 4) is 0 Å². The lowest BCUT2D eigenvalue weighted by Gasteiger charge is -2.00. The first-order valence-corrected chi connectivity index (χ1v) is 8.46. The first kappa shape index (κ1) is 16.4. The number of rotatable bonds is 2. The average molecular weight is 384 g/mol. The van der Waals surface area contributed by atoms with Gasteiger partial charge in [0.25, 0.3) is 5.91 Å². The molecule has 0 unspecified atom stereocenters. The molecule has 0 atom stereocenters. The van der Waals surface area contributed by atoms with Crippen LogP contribution < -0.4 is 5.32 Å². The van der Waals surface area contributed by atoms with E-state index in [0.717, 1.165) is 5.56 Å². The molecule has 1 N–H and O–H groups in total. The maximum absolute atomic E-state index is 12.0. The topological polar surface area (TPSA) is 41.5 Å². The molecule has 0 radical (unpaired) electrons. The van der Waals surface area contributed by atoms with Crippen LogP contribution in [0.25, 0.3) is 6.08 Å². The number of nitrogens with zero attached hydrogens (tertiary/aromatic N) is 1. The smallest absolute Gasteiger partial charge is 0.264 e. The second-order valence-corrected chi connectivity index (χ2v) is 6.94. The fraction of sp³-hybridized carbons (Fsp3) is 0. The Bertz CT molecular complexity index is 849. The Balaban J connectivity index is 1.87. The second kappa shape index (κ2) is 6.97. The minimum absolute atomic E-state index is 0.216. The van der Waals surface area contributed by atoms with Crippen molar-refractivity contribution in [2.45, 2.75) is 0 Å². The van der Waals surface area contributed by atoms with E-state index in [1.807, 2.05) is 12.1 Å². The SMILES string of the molecule is O=C1NC(=Nc2cc(Cl)ccc2Cl)S/C1=C/c1cccc(Cl)c1. The van der Waals surface area contributed by atoms with E-state index < -0.39 is 0 Å². The van der Waals surface area contributed by atoms with E-state index >= 15 is 0 Å². The third kappa shape index (κ3) is 4.09. The van der Waals surface area contributed by atoms with Crippen LogP contribution in [-0.4, -0.2) is 11.1 Å². The number of thioether (sulfide) groups is 1. The maximum Gasteiger partial charge on any atom is 0.264 e. The Morgan fingerprint density at radius 3 is 2.61 bits per heavy atom. The highest BCUT2D eigenvalue weighted by molar-refractivity contribution is 8.18. The summed E-state index contributed by atoms with van der Waals surface area (Å²) >= 11 is 19.2. The first-order valence-electron chi connectivity index (χ1n) is 6.51. The summed E-state index contributed by atoms with van der Waals surface area (Å²) in [6.45, 7) is 0. The summed E-state index contributed by atoms with van der Waals surface area (Å²) in [6.07, 6.45) is 1.76. The third-order valence-electron chi connectivity index (χ3n) is 2.93. The number of hydrogen-bond acceptors (Lipinski definition) is 3. The molecule has 116 valence electrons. The van der Waals surface area contributed by atoms with Crippen LogP contribution in [0.2, 0.25) is 15.1 Å². The van der Waals surface area contributed by atoms with Gasteiger partial charge in [-0.25, -0.2) is 4.99 Å². The summed E-state index contributed by atoms with van der Waals surface area (Å²) in [5, 5.41) is 4.76. The molecule has 1 fully saturated rings. The minimum atomic E-state index is -0.216. The molecule has 0 spiro atoms. The van der Waals surface area contributed by atoms with Gasteiger partial charge in [0.2, 0.25) is 0 Å². The molecular formula is C16H9Cl3N2OS. The summed E-state index contributed by atoms with van der Waals surface area (Å²) in [5.41, 5.74) is 1.35. The van der Waals surface area contributed by atoms with Crippen molar-refractivity contribution in [1.29, 1.82) is 0 Å². The number of aliphatic imine (C=N–C) groups is 1. The Morgan fingerprint density at radius 1 is 1.04 bits per heavy atom. The van der Waals surface area contributed by atoms with E-state index in [9.17, 15) is 4.79 Å². The molecule has 3 nitrogen and oxygen atoms in total. The average Bonchev–Trinajstić information content (AvgIpc) is 2.83. The number of benzene rings is 2. The standard InChI is InChI=1S/C16H9Cl3N2OS/c17-10-3-1-2-9(6-10)7-14-15(22)21-16(23-14)20-13-8-11(18)4-5-12(13)19/h1-8H,(H,20,21,22)/b14-7+. The molecule has 1 aliphatic heterocycles. The van der Waals surface area contributed by atoms with Crippen molar-refractivity contribution >= 4 is 69.4 Å². The van der Waals surface area contributed by atoms with Crippen LogP contribution in [0.5, 0.6) is 0 Å². The summed E-state index contributed by atoms with van der Waals surface area (Å²) in [6, 6.07) is 12.2. The third-order valence-corrected chi connectivity index (χ3v) is 4.63. The van der Waals surface area contributed by atoms with Crippen molar-refractivity contribution in [3.63, 3.8) is 0 Å². The zero-order chi connectivity index (χ0) is 16.4. The predicted molar refractivity (Wildman–Crippen MR) is 98.7 cm³/mol. The van der Waals surface area contributed by atoms with Crippen molar-refractivity contribution in [2.24, 2.45) is 4.99 Å². The van der Waals surface area contributed by atoms with E-state index in [4.69, 9.17) is 34.8 Å². The van der Waals surface area contributed by atoms with Crippen molar-refractivity contribution < 1.29 is 4.79 Å². The molecule has 23 heavy (non-hydrogen) atoms. The molecule has 1 aliphatic rings. The van der Waals surface area contributed by atoms with Crippen LogP contribution in [0.3, 0.4) is 0 Å². The van der Waals surface area contributed by atoms with Crippen LogP contribution in [0.15, 0.2) is 52.4 Å². The van der Waals surface area contributed by atoms with Crippen LogP contribution in [-0.2, 0) is 4.79 Å². The molecule has 1 heterocycles. The second-order valence-electron chi connectivity index (χ2n) is 4.63. The lowest BCUT2D eigenvalue weighted by atomic mass is 10.2. The summed E-state index contributed by atoms with van der Waals surface area (Å²) in [5.74, 6) is -0.216. The fourth-order valence-electron chi connectivity index (χ4n) is 1.91. The monoisotopic (exact) mass is 382 g/mol. The van der Waals surface area contributed by atoms with Gasteiger partial charge in [-0.1, -0.05) is 46.9 Å². The van der Waals surface area contributed by atoms with Crippen molar-refractivity contribution in [2.75, 3.05) is 0 Å². The molecule has 0 bridgehead atoms. The van der Waals surface area contributed by atoms with Crippen LogP contribution in [0.4, 0.5) is 5.69 Å². The largest absolute Gasteiger partial charge is 0.300 e. The highest BCUT2D eigenvalue weighted by atomic mass is 35.5. The van der Waals surface area contributed by atoms with Gasteiger partial charge in [-0.15, -0.1) is 0 Å². The molecule has 0 aliphatic carbocycles. The van der Waals surface area contributed by atoms with Crippen LogP contribution in [0, 0.1) is 0 Å². The Kier molecular flexibility index (Phi) is 4.97. The number of carbonyl (C=O) groups excluding carboxylic acids is 1. The van der Waals surface area contributed by atoms with Gasteiger partial charge < -0.3 is 5.32 Å². The lowest BCUT2D eigenvalue weighted by Crippen LogP contribution is -2.19. The van der Waals surface area contributed by atoms with E-state index in [-0.39, 0.29) is 5.91 Å². The zero-order valence-electron chi connectivity index (χ0n) is 11.5. The van der Waals surface area contributed by atoms with Gasteiger partial charge in [0.1, 0.15) is 0 Å². The molecule has 1 saturated heterocycles. The Labute approximate surface area is 152 Å².